The van der Waals surface area contributed by atoms with Crippen molar-refractivity contribution < 1.29 is 4.79 Å². The number of piperazine rings is 1. The van der Waals surface area contributed by atoms with Gasteiger partial charge in [-0.2, -0.15) is 0 Å². The maximum atomic E-state index is 12.8. The predicted octanol–water partition coefficient (Wildman–Crippen LogP) is 2.93. The molecule has 7 nitrogen and oxygen atoms in total. The van der Waals surface area contributed by atoms with Gasteiger partial charge in [-0.3, -0.25) is 9.78 Å². The topological polar surface area (TPSA) is 65.5 Å². The highest BCUT2D eigenvalue weighted by Crippen LogP contribution is 2.29. The van der Waals surface area contributed by atoms with E-state index in [2.05, 4.69) is 38.5 Å². The van der Waals surface area contributed by atoms with Crippen molar-refractivity contribution in [2.45, 2.75) is 40.0 Å². The van der Waals surface area contributed by atoms with E-state index in [9.17, 15) is 4.79 Å². The van der Waals surface area contributed by atoms with Crippen LogP contribution >= 0.6 is 0 Å². The molecule has 2 aromatic rings. The van der Waals surface area contributed by atoms with Gasteiger partial charge in [0.25, 0.3) is 0 Å². The van der Waals surface area contributed by atoms with Crippen LogP contribution in [0.15, 0.2) is 24.5 Å². The SMILES string of the molecule is CCN1CCN(C(=O)CC2CCN(c3nc(-c4cccnc4)nc(C)c3C)CC2)CC1. The minimum Gasteiger partial charge on any atom is -0.356 e. The van der Waals surface area contributed by atoms with Crippen LogP contribution in [-0.4, -0.2) is 76.5 Å². The number of hydrogen-bond acceptors (Lipinski definition) is 6. The first-order valence-electron chi connectivity index (χ1n) is 11.6. The predicted molar refractivity (Wildman–Crippen MR) is 123 cm³/mol. The van der Waals surface area contributed by atoms with Crippen LogP contribution in [-0.2, 0) is 4.79 Å². The van der Waals surface area contributed by atoms with Crippen LogP contribution < -0.4 is 4.90 Å². The van der Waals surface area contributed by atoms with Crippen LogP contribution in [0.1, 0.15) is 37.4 Å². The first kappa shape index (κ1) is 21.7. The fourth-order valence-electron chi connectivity index (χ4n) is 4.58. The Morgan fingerprint density at radius 2 is 1.81 bits per heavy atom. The number of pyridine rings is 1. The van der Waals surface area contributed by atoms with Crippen LogP contribution in [0.25, 0.3) is 11.4 Å². The van der Waals surface area contributed by atoms with Crippen molar-refractivity contribution in [2.75, 3.05) is 50.7 Å². The summed E-state index contributed by atoms with van der Waals surface area (Å²) in [6, 6.07) is 3.91. The molecule has 31 heavy (non-hydrogen) atoms. The molecular weight excluding hydrogens is 388 g/mol. The lowest BCUT2D eigenvalue weighted by Crippen LogP contribution is -2.49. The van der Waals surface area contributed by atoms with E-state index < -0.39 is 0 Å². The summed E-state index contributed by atoms with van der Waals surface area (Å²) in [5.74, 6) is 2.55. The highest BCUT2D eigenvalue weighted by molar-refractivity contribution is 5.76. The number of nitrogens with zero attached hydrogens (tertiary/aromatic N) is 6. The summed E-state index contributed by atoms with van der Waals surface area (Å²) >= 11 is 0. The smallest absolute Gasteiger partial charge is 0.222 e. The summed E-state index contributed by atoms with van der Waals surface area (Å²) in [6.07, 6.45) is 6.33. The molecule has 4 rings (SSSR count). The van der Waals surface area contributed by atoms with Crippen LogP contribution in [0.4, 0.5) is 5.82 Å². The lowest BCUT2D eigenvalue weighted by atomic mass is 9.92. The molecule has 0 aliphatic carbocycles. The third-order valence-electron chi connectivity index (χ3n) is 6.83. The number of hydrogen-bond donors (Lipinski definition) is 0. The number of likely N-dealkylation sites (N-methyl/N-ethyl adjacent to an activating group) is 1. The van der Waals surface area contributed by atoms with Crippen molar-refractivity contribution in [2.24, 2.45) is 5.92 Å². The fourth-order valence-corrected chi connectivity index (χ4v) is 4.58. The van der Waals surface area contributed by atoms with E-state index in [1.165, 1.54) is 0 Å². The molecule has 2 fully saturated rings. The molecule has 0 unspecified atom stereocenters. The number of aryl methyl sites for hydroxylation is 1. The quantitative estimate of drug-likeness (QED) is 0.738. The van der Waals surface area contributed by atoms with E-state index in [4.69, 9.17) is 4.98 Å². The lowest BCUT2D eigenvalue weighted by molar-refractivity contribution is -0.134. The minimum atomic E-state index is 0.335. The Hall–Kier alpha value is -2.54. The van der Waals surface area contributed by atoms with Gasteiger partial charge in [0, 0.05) is 74.9 Å². The molecule has 7 heteroatoms. The first-order chi connectivity index (χ1) is 15.0. The van der Waals surface area contributed by atoms with E-state index >= 15 is 0 Å². The standard InChI is InChI=1S/C24H34N6O/c1-4-28-12-14-29(15-13-28)22(31)16-20-7-10-30(11-8-20)24-18(2)19(3)26-23(27-24)21-6-5-9-25-17-21/h5-6,9,17,20H,4,7-8,10-16H2,1-3H3. The highest BCUT2D eigenvalue weighted by atomic mass is 16.2. The van der Waals surface area contributed by atoms with Gasteiger partial charge in [0.2, 0.25) is 5.91 Å². The molecule has 0 radical (unpaired) electrons. The van der Waals surface area contributed by atoms with Crippen molar-refractivity contribution >= 4 is 11.7 Å². The van der Waals surface area contributed by atoms with Crippen molar-refractivity contribution in [1.82, 2.24) is 24.8 Å². The average Bonchev–Trinajstić information content (AvgIpc) is 2.82. The summed E-state index contributed by atoms with van der Waals surface area (Å²) in [6.45, 7) is 13.0. The first-order valence-corrected chi connectivity index (χ1v) is 11.6. The molecule has 0 bridgehead atoms. The Kier molecular flexibility index (Phi) is 6.80. The molecule has 0 spiro atoms. The largest absolute Gasteiger partial charge is 0.356 e. The van der Waals surface area contributed by atoms with Crippen LogP contribution in [0.3, 0.4) is 0 Å². The minimum absolute atomic E-state index is 0.335. The second-order valence-corrected chi connectivity index (χ2v) is 8.77. The van der Waals surface area contributed by atoms with Crippen molar-refractivity contribution in [3.05, 3.63) is 35.8 Å². The molecule has 166 valence electrons. The van der Waals surface area contributed by atoms with E-state index in [0.717, 1.165) is 87.1 Å². The monoisotopic (exact) mass is 422 g/mol. The van der Waals surface area contributed by atoms with Crippen molar-refractivity contribution in [3.63, 3.8) is 0 Å². The van der Waals surface area contributed by atoms with Crippen LogP contribution in [0, 0.1) is 19.8 Å². The van der Waals surface area contributed by atoms with Gasteiger partial charge in [0.05, 0.1) is 0 Å². The molecular formula is C24H34N6O. The average molecular weight is 423 g/mol. The highest BCUT2D eigenvalue weighted by Gasteiger charge is 2.27. The zero-order valence-corrected chi connectivity index (χ0v) is 19.0. The Morgan fingerprint density at radius 1 is 1.06 bits per heavy atom. The number of amides is 1. The van der Waals surface area contributed by atoms with Crippen molar-refractivity contribution in [3.8, 4) is 11.4 Å². The number of piperidine rings is 1. The second-order valence-electron chi connectivity index (χ2n) is 8.77. The van der Waals surface area contributed by atoms with Gasteiger partial charge in [0.1, 0.15) is 5.82 Å². The summed E-state index contributed by atoms with van der Waals surface area (Å²) in [5, 5.41) is 0. The Bertz CT molecular complexity index is 886. The Morgan fingerprint density at radius 3 is 2.45 bits per heavy atom. The van der Waals surface area contributed by atoms with Gasteiger partial charge in [-0.25, -0.2) is 9.97 Å². The summed E-state index contributed by atoms with van der Waals surface area (Å²) in [7, 11) is 0. The Balaban J connectivity index is 1.37. The zero-order valence-electron chi connectivity index (χ0n) is 19.0. The number of rotatable bonds is 5. The van der Waals surface area contributed by atoms with Crippen LogP contribution in [0.5, 0.6) is 0 Å². The van der Waals surface area contributed by atoms with Crippen LogP contribution in [0.2, 0.25) is 0 Å². The van der Waals surface area contributed by atoms with Gasteiger partial charge >= 0.3 is 0 Å². The zero-order chi connectivity index (χ0) is 21.8. The summed E-state index contributed by atoms with van der Waals surface area (Å²) in [5.41, 5.74) is 3.08. The van der Waals surface area contributed by atoms with Gasteiger partial charge in [0.15, 0.2) is 5.82 Å². The fraction of sp³-hybridized carbons (Fsp3) is 0.583. The number of carbonyl (C=O) groups excluding carboxylic acids is 1. The van der Waals surface area contributed by atoms with E-state index in [1.54, 1.807) is 6.20 Å². The molecule has 2 aromatic heterocycles. The molecule has 2 saturated heterocycles. The molecule has 2 aliphatic rings. The summed E-state index contributed by atoms with van der Waals surface area (Å²) in [4.78, 5) is 33.4. The molecule has 0 saturated carbocycles. The van der Waals surface area contributed by atoms with E-state index in [0.29, 0.717) is 18.2 Å². The number of aromatic nitrogens is 3. The molecule has 0 N–H and O–H groups in total. The third-order valence-corrected chi connectivity index (χ3v) is 6.83. The van der Waals surface area contributed by atoms with Gasteiger partial charge in [-0.1, -0.05) is 6.92 Å². The molecule has 0 atom stereocenters. The molecule has 2 aliphatic heterocycles. The number of anilines is 1. The third kappa shape index (κ3) is 5.03. The maximum Gasteiger partial charge on any atom is 0.222 e. The second kappa shape index (κ2) is 9.73. The molecule has 4 heterocycles. The van der Waals surface area contributed by atoms with E-state index in [-0.39, 0.29) is 0 Å². The Labute approximate surface area is 185 Å². The van der Waals surface area contributed by atoms with Gasteiger partial charge in [-0.05, 0) is 51.3 Å². The lowest BCUT2D eigenvalue weighted by Gasteiger charge is -2.37. The molecule has 0 aromatic carbocycles. The normalized spacial score (nSPS) is 18.4. The van der Waals surface area contributed by atoms with E-state index in [1.807, 2.05) is 25.3 Å². The van der Waals surface area contributed by atoms with Gasteiger partial charge < -0.3 is 14.7 Å². The van der Waals surface area contributed by atoms with Crippen molar-refractivity contribution in [1.29, 1.82) is 0 Å². The molecule has 1 amide bonds. The maximum absolute atomic E-state index is 12.8. The van der Waals surface area contributed by atoms with Gasteiger partial charge in [-0.15, -0.1) is 0 Å². The number of carbonyl (C=O) groups is 1. The summed E-state index contributed by atoms with van der Waals surface area (Å²) < 4.78 is 0.